The van der Waals surface area contributed by atoms with E-state index in [0.29, 0.717) is 5.75 Å². The SMILES string of the molecule is CC(CNS(=O)(=O)c1ccc(OC(F)F)c(Cl)c1)Oc1ccccc1. The maximum absolute atomic E-state index is 12.3. The molecule has 1 N–H and O–H groups in total. The van der Waals surface area contributed by atoms with E-state index in [1.165, 1.54) is 0 Å². The number of para-hydroxylation sites is 1. The Hall–Kier alpha value is -1.90. The summed E-state index contributed by atoms with van der Waals surface area (Å²) in [4.78, 5) is -0.161. The smallest absolute Gasteiger partial charge is 0.387 e. The number of ether oxygens (including phenoxy) is 2. The second-order valence-electron chi connectivity index (χ2n) is 5.06. The molecule has 25 heavy (non-hydrogen) atoms. The van der Waals surface area contributed by atoms with Crippen molar-refractivity contribution in [2.24, 2.45) is 0 Å². The van der Waals surface area contributed by atoms with Crippen LogP contribution in [0.4, 0.5) is 8.78 Å². The number of nitrogens with one attached hydrogen (secondary N) is 1. The Labute approximate surface area is 149 Å². The van der Waals surface area contributed by atoms with Gasteiger partial charge in [-0.05, 0) is 37.3 Å². The molecule has 0 heterocycles. The van der Waals surface area contributed by atoms with E-state index >= 15 is 0 Å². The molecular weight excluding hydrogens is 376 g/mol. The van der Waals surface area contributed by atoms with E-state index in [1.807, 2.05) is 6.07 Å². The Kier molecular flexibility index (Phi) is 6.57. The summed E-state index contributed by atoms with van der Waals surface area (Å²) in [6, 6.07) is 12.2. The molecule has 5 nitrogen and oxygen atoms in total. The van der Waals surface area contributed by atoms with Crippen molar-refractivity contribution in [3.05, 3.63) is 53.6 Å². The zero-order chi connectivity index (χ0) is 18.4. The third-order valence-corrected chi connectivity index (χ3v) is 4.79. The van der Waals surface area contributed by atoms with Crippen molar-refractivity contribution < 1.29 is 26.7 Å². The lowest BCUT2D eigenvalue weighted by atomic mass is 10.3. The van der Waals surface area contributed by atoms with E-state index in [-0.39, 0.29) is 22.2 Å². The summed E-state index contributed by atoms with van der Waals surface area (Å²) in [6.07, 6.45) is -0.422. The van der Waals surface area contributed by atoms with Crippen LogP contribution in [0.2, 0.25) is 5.02 Å². The van der Waals surface area contributed by atoms with Crippen molar-refractivity contribution in [2.75, 3.05) is 6.54 Å². The van der Waals surface area contributed by atoms with E-state index in [4.69, 9.17) is 16.3 Å². The van der Waals surface area contributed by atoms with Crippen molar-refractivity contribution in [3.63, 3.8) is 0 Å². The van der Waals surface area contributed by atoms with Crippen LogP contribution < -0.4 is 14.2 Å². The standard InChI is InChI=1S/C16H16ClF2NO4S/c1-11(23-12-5-3-2-4-6-12)10-20-25(21,22)13-7-8-15(14(17)9-13)24-16(18)19/h2-9,11,16,20H,10H2,1H3. The van der Waals surface area contributed by atoms with Gasteiger partial charge in [0.2, 0.25) is 10.0 Å². The van der Waals surface area contributed by atoms with Gasteiger partial charge >= 0.3 is 6.61 Å². The maximum Gasteiger partial charge on any atom is 0.387 e. The molecule has 0 aromatic heterocycles. The van der Waals surface area contributed by atoms with E-state index in [2.05, 4.69) is 9.46 Å². The Bertz CT molecular complexity index is 803. The van der Waals surface area contributed by atoms with Crippen LogP contribution in [0.25, 0.3) is 0 Å². The van der Waals surface area contributed by atoms with Crippen LogP contribution >= 0.6 is 11.6 Å². The third kappa shape index (κ3) is 5.84. The van der Waals surface area contributed by atoms with Crippen LogP contribution in [-0.4, -0.2) is 27.7 Å². The molecule has 0 saturated carbocycles. The van der Waals surface area contributed by atoms with Crippen molar-refractivity contribution in [1.29, 1.82) is 0 Å². The average molecular weight is 392 g/mol. The Balaban J connectivity index is 2.00. The van der Waals surface area contributed by atoms with Crippen molar-refractivity contribution in [3.8, 4) is 11.5 Å². The van der Waals surface area contributed by atoms with Crippen molar-refractivity contribution in [1.82, 2.24) is 4.72 Å². The molecule has 0 amide bonds. The van der Waals surface area contributed by atoms with Gasteiger partial charge in [-0.25, -0.2) is 13.1 Å². The molecule has 2 aromatic rings. The van der Waals surface area contributed by atoms with Crippen LogP contribution in [0.1, 0.15) is 6.92 Å². The average Bonchev–Trinajstić information content (AvgIpc) is 2.55. The molecule has 0 bridgehead atoms. The second-order valence-corrected chi connectivity index (χ2v) is 7.24. The van der Waals surface area contributed by atoms with Gasteiger partial charge in [-0.3, -0.25) is 0 Å². The summed E-state index contributed by atoms with van der Waals surface area (Å²) >= 11 is 5.77. The normalized spacial score (nSPS) is 12.8. The Morgan fingerprint density at radius 3 is 2.40 bits per heavy atom. The van der Waals surface area contributed by atoms with Gasteiger partial charge in [-0.2, -0.15) is 8.78 Å². The molecule has 0 fully saturated rings. The van der Waals surface area contributed by atoms with Gasteiger partial charge in [0.15, 0.2) is 0 Å². The summed E-state index contributed by atoms with van der Waals surface area (Å²) in [7, 11) is -3.87. The van der Waals surface area contributed by atoms with Gasteiger partial charge in [0.05, 0.1) is 9.92 Å². The minimum Gasteiger partial charge on any atom is -0.489 e. The quantitative estimate of drug-likeness (QED) is 0.745. The van der Waals surface area contributed by atoms with Crippen LogP contribution in [0.5, 0.6) is 11.5 Å². The van der Waals surface area contributed by atoms with Crippen LogP contribution in [0, 0.1) is 0 Å². The Morgan fingerprint density at radius 1 is 1.12 bits per heavy atom. The van der Waals surface area contributed by atoms with Crippen LogP contribution in [0.3, 0.4) is 0 Å². The fourth-order valence-corrected chi connectivity index (χ4v) is 3.35. The van der Waals surface area contributed by atoms with E-state index in [1.54, 1.807) is 31.2 Å². The molecule has 0 aliphatic rings. The summed E-state index contributed by atoms with van der Waals surface area (Å²) < 4.78 is 61.1. The van der Waals surface area contributed by atoms with Crippen molar-refractivity contribution >= 4 is 21.6 Å². The maximum atomic E-state index is 12.3. The fraction of sp³-hybridized carbons (Fsp3) is 0.250. The molecule has 2 rings (SSSR count). The first-order chi connectivity index (χ1) is 11.8. The highest BCUT2D eigenvalue weighted by molar-refractivity contribution is 7.89. The monoisotopic (exact) mass is 391 g/mol. The number of sulfonamides is 1. The second kappa shape index (κ2) is 8.46. The summed E-state index contributed by atoms with van der Waals surface area (Å²) in [6.45, 7) is -1.32. The molecule has 1 unspecified atom stereocenters. The zero-order valence-corrected chi connectivity index (χ0v) is 14.7. The predicted molar refractivity (Wildman–Crippen MR) is 89.8 cm³/mol. The molecule has 0 aliphatic carbocycles. The highest BCUT2D eigenvalue weighted by atomic mass is 35.5. The van der Waals surface area contributed by atoms with Gasteiger partial charge in [0, 0.05) is 6.54 Å². The van der Waals surface area contributed by atoms with Gasteiger partial charge in [-0.15, -0.1) is 0 Å². The molecule has 2 aromatic carbocycles. The number of halogens is 3. The molecular formula is C16H16ClF2NO4S. The third-order valence-electron chi connectivity index (χ3n) is 3.07. The molecule has 0 spiro atoms. The van der Waals surface area contributed by atoms with Gasteiger partial charge in [0.1, 0.15) is 17.6 Å². The highest BCUT2D eigenvalue weighted by Crippen LogP contribution is 2.28. The van der Waals surface area contributed by atoms with E-state index in [9.17, 15) is 17.2 Å². The molecule has 0 saturated heterocycles. The minimum atomic E-state index is -3.87. The topological polar surface area (TPSA) is 64.6 Å². The first-order valence-electron chi connectivity index (χ1n) is 7.23. The summed E-state index contributed by atoms with van der Waals surface area (Å²) in [5, 5.41) is -0.225. The minimum absolute atomic E-state index is 0.0180. The van der Waals surface area contributed by atoms with E-state index in [0.717, 1.165) is 18.2 Å². The first-order valence-corrected chi connectivity index (χ1v) is 9.10. The lowest BCUT2D eigenvalue weighted by Gasteiger charge is -2.16. The lowest BCUT2D eigenvalue weighted by molar-refractivity contribution is -0.0498. The molecule has 0 radical (unpaired) electrons. The molecule has 9 heteroatoms. The van der Waals surface area contributed by atoms with Crippen molar-refractivity contribution in [2.45, 2.75) is 24.5 Å². The summed E-state index contributed by atoms with van der Waals surface area (Å²) in [5.41, 5.74) is 0. The number of hydrogen-bond donors (Lipinski definition) is 1. The first kappa shape index (κ1) is 19.4. The number of benzene rings is 2. The van der Waals surface area contributed by atoms with Gasteiger partial charge in [0.25, 0.3) is 0 Å². The summed E-state index contributed by atoms with van der Waals surface area (Å²) in [5.74, 6) is 0.321. The zero-order valence-electron chi connectivity index (χ0n) is 13.2. The number of hydrogen-bond acceptors (Lipinski definition) is 4. The van der Waals surface area contributed by atoms with E-state index < -0.39 is 22.7 Å². The Morgan fingerprint density at radius 2 is 1.80 bits per heavy atom. The number of alkyl halides is 2. The van der Waals surface area contributed by atoms with Gasteiger partial charge < -0.3 is 9.47 Å². The van der Waals surface area contributed by atoms with Crippen LogP contribution in [0.15, 0.2) is 53.4 Å². The van der Waals surface area contributed by atoms with Crippen LogP contribution in [-0.2, 0) is 10.0 Å². The molecule has 1 atom stereocenters. The fourth-order valence-electron chi connectivity index (χ4n) is 1.92. The molecule has 0 aliphatic heterocycles. The number of rotatable bonds is 8. The largest absolute Gasteiger partial charge is 0.489 e. The predicted octanol–water partition coefficient (Wildman–Crippen LogP) is 3.69. The van der Waals surface area contributed by atoms with Gasteiger partial charge in [-0.1, -0.05) is 29.8 Å². The highest BCUT2D eigenvalue weighted by Gasteiger charge is 2.18. The molecule has 136 valence electrons. The lowest BCUT2D eigenvalue weighted by Crippen LogP contribution is -2.33.